The Bertz CT molecular complexity index is 585. The standard InChI is InChI=1S/C20H30F3N3O/c1-24-9-6-18(7-10-24)26-12-11-25(15-19(26)8-13-27)14-16-2-4-17(5-3-16)20(21,22)23/h2-5,18-19,27H,6-15H2,1H3. The van der Waals surface area contributed by atoms with Gasteiger partial charge in [-0.15, -0.1) is 0 Å². The molecule has 152 valence electrons. The van der Waals surface area contributed by atoms with Gasteiger partial charge in [0.2, 0.25) is 0 Å². The fourth-order valence-corrected chi connectivity index (χ4v) is 4.35. The lowest BCUT2D eigenvalue weighted by molar-refractivity contribution is -0.137. The number of alkyl halides is 3. The molecule has 2 fully saturated rings. The topological polar surface area (TPSA) is 30.0 Å². The molecule has 0 saturated carbocycles. The van der Waals surface area contributed by atoms with Gasteiger partial charge in [-0.25, -0.2) is 0 Å². The summed E-state index contributed by atoms with van der Waals surface area (Å²) >= 11 is 0. The fourth-order valence-electron chi connectivity index (χ4n) is 4.35. The van der Waals surface area contributed by atoms with Gasteiger partial charge >= 0.3 is 6.18 Å². The van der Waals surface area contributed by atoms with Gasteiger partial charge in [0.15, 0.2) is 0 Å². The van der Waals surface area contributed by atoms with Gasteiger partial charge < -0.3 is 10.0 Å². The highest BCUT2D eigenvalue weighted by molar-refractivity contribution is 5.24. The molecule has 2 saturated heterocycles. The van der Waals surface area contributed by atoms with Gasteiger partial charge in [-0.2, -0.15) is 13.2 Å². The molecule has 7 heteroatoms. The Balaban J connectivity index is 1.59. The van der Waals surface area contributed by atoms with Crippen molar-refractivity contribution in [3.05, 3.63) is 35.4 Å². The van der Waals surface area contributed by atoms with E-state index in [1.807, 2.05) is 0 Å². The molecular formula is C20H30F3N3O. The van der Waals surface area contributed by atoms with E-state index in [0.717, 1.165) is 69.7 Å². The summed E-state index contributed by atoms with van der Waals surface area (Å²) in [6.07, 6.45) is -1.21. The predicted octanol–water partition coefficient (Wildman–Crippen LogP) is 2.67. The first-order valence-electron chi connectivity index (χ1n) is 9.80. The summed E-state index contributed by atoms with van der Waals surface area (Å²) in [5.74, 6) is 0. The summed E-state index contributed by atoms with van der Waals surface area (Å²) in [6, 6.07) is 6.36. The van der Waals surface area contributed by atoms with Crippen molar-refractivity contribution in [3.63, 3.8) is 0 Å². The molecule has 1 aromatic rings. The first-order valence-corrected chi connectivity index (χ1v) is 9.80. The van der Waals surface area contributed by atoms with Gasteiger partial charge in [-0.1, -0.05) is 12.1 Å². The second-order valence-corrected chi connectivity index (χ2v) is 7.87. The van der Waals surface area contributed by atoms with E-state index in [9.17, 15) is 18.3 Å². The second kappa shape index (κ2) is 8.90. The molecule has 1 aromatic carbocycles. The molecule has 4 nitrogen and oxygen atoms in total. The largest absolute Gasteiger partial charge is 0.416 e. The van der Waals surface area contributed by atoms with Crippen molar-refractivity contribution in [3.8, 4) is 0 Å². The first kappa shape index (κ1) is 20.6. The Kier molecular flexibility index (Phi) is 6.78. The number of halogens is 3. The third kappa shape index (κ3) is 5.44. The van der Waals surface area contributed by atoms with Gasteiger partial charge in [-0.3, -0.25) is 9.80 Å². The highest BCUT2D eigenvalue weighted by atomic mass is 19.4. The maximum atomic E-state index is 12.7. The molecule has 0 aliphatic carbocycles. The van der Waals surface area contributed by atoms with Crippen LogP contribution in [0.1, 0.15) is 30.4 Å². The summed E-state index contributed by atoms with van der Waals surface area (Å²) in [6.45, 7) is 5.77. The Morgan fingerprint density at radius 3 is 2.30 bits per heavy atom. The maximum absolute atomic E-state index is 12.7. The van der Waals surface area contributed by atoms with Crippen LogP contribution in [0.4, 0.5) is 13.2 Å². The van der Waals surface area contributed by atoms with Crippen LogP contribution in [0.25, 0.3) is 0 Å². The van der Waals surface area contributed by atoms with E-state index < -0.39 is 11.7 Å². The van der Waals surface area contributed by atoms with Crippen molar-refractivity contribution in [1.82, 2.24) is 14.7 Å². The number of benzene rings is 1. The smallest absolute Gasteiger partial charge is 0.396 e. The number of aliphatic hydroxyl groups is 1. The van der Waals surface area contributed by atoms with Crippen LogP contribution in [0.15, 0.2) is 24.3 Å². The van der Waals surface area contributed by atoms with Crippen LogP contribution in [-0.4, -0.2) is 78.3 Å². The number of likely N-dealkylation sites (tertiary alicyclic amines) is 1. The zero-order valence-electron chi connectivity index (χ0n) is 16.0. The number of piperazine rings is 1. The Morgan fingerprint density at radius 2 is 1.70 bits per heavy atom. The molecule has 0 aromatic heterocycles. The third-order valence-corrected chi connectivity index (χ3v) is 5.92. The van der Waals surface area contributed by atoms with Crippen molar-refractivity contribution in [2.24, 2.45) is 0 Å². The minimum Gasteiger partial charge on any atom is -0.396 e. The van der Waals surface area contributed by atoms with Crippen LogP contribution < -0.4 is 0 Å². The minimum atomic E-state index is -4.29. The lowest BCUT2D eigenvalue weighted by atomic mass is 9.98. The van der Waals surface area contributed by atoms with E-state index in [1.165, 1.54) is 0 Å². The van der Waals surface area contributed by atoms with Gasteiger partial charge in [0.1, 0.15) is 0 Å². The zero-order chi connectivity index (χ0) is 19.4. The molecular weight excluding hydrogens is 355 g/mol. The van der Waals surface area contributed by atoms with Gasteiger partial charge in [-0.05, 0) is 57.1 Å². The van der Waals surface area contributed by atoms with E-state index in [2.05, 4.69) is 21.7 Å². The van der Waals surface area contributed by atoms with Crippen molar-refractivity contribution < 1.29 is 18.3 Å². The van der Waals surface area contributed by atoms with Crippen molar-refractivity contribution in [2.45, 2.75) is 44.1 Å². The fraction of sp³-hybridized carbons (Fsp3) is 0.700. The number of rotatable bonds is 5. The van der Waals surface area contributed by atoms with Crippen LogP contribution in [0, 0.1) is 0 Å². The van der Waals surface area contributed by atoms with Crippen LogP contribution in [0.3, 0.4) is 0 Å². The van der Waals surface area contributed by atoms with Crippen molar-refractivity contribution in [2.75, 3.05) is 46.4 Å². The van der Waals surface area contributed by atoms with Crippen LogP contribution in [0.5, 0.6) is 0 Å². The maximum Gasteiger partial charge on any atom is 0.416 e. The summed E-state index contributed by atoms with van der Waals surface area (Å²) in [7, 11) is 2.16. The molecule has 2 aliphatic heterocycles. The Hall–Kier alpha value is -1.15. The summed E-state index contributed by atoms with van der Waals surface area (Å²) in [5.41, 5.74) is 0.301. The molecule has 0 bridgehead atoms. The van der Waals surface area contributed by atoms with Crippen LogP contribution in [0.2, 0.25) is 0 Å². The lowest BCUT2D eigenvalue weighted by Crippen LogP contribution is -2.58. The van der Waals surface area contributed by atoms with Gasteiger partial charge in [0.05, 0.1) is 5.56 Å². The number of nitrogens with zero attached hydrogens (tertiary/aromatic N) is 3. The molecule has 1 atom stereocenters. The van der Waals surface area contributed by atoms with E-state index in [1.54, 1.807) is 12.1 Å². The highest BCUT2D eigenvalue weighted by Crippen LogP contribution is 2.29. The molecule has 1 unspecified atom stereocenters. The molecule has 0 spiro atoms. The summed E-state index contributed by atoms with van der Waals surface area (Å²) < 4.78 is 38.1. The Morgan fingerprint density at radius 1 is 1.04 bits per heavy atom. The van der Waals surface area contributed by atoms with E-state index in [4.69, 9.17) is 0 Å². The van der Waals surface area contributed by atoms with E-state index in [0.29, 0.717) is 18.6 Å². The lowest BCUT2D eigenvalue weighted by Gasteiger charge is -2.47. The number of piperidine rings is 1. The van der Waals surface area contributed by atoms with Gasteiger partial charge in [0.25, 0.3) is 0 Å². The van der Waals surface area contributed by atoms with Crippen LogP contribution in [-0.2, 0) is 12.7 Å². The van der Waals surface area contributed by atoms with Crippen molar-refractivity contribution >= 4 is 0 Å². The summed E-state index contributed by atoms with van der Waals surface area (Å²) in [5, 5.41) is 9.50. The molecule has 0 radical (unpaired) electrons. The zero-order valence-corrected chi connectivity index (χ0v) is 16.0. The molecule has 27 heavy (non-hydrogen) atoms. The first-order chi connectivity index (χ1) is 12.9. The average Bonchev–Trinajstić information content (AvgIpc) is 2.63. The van der Waals surface area contributed by atoms with Gasteiger partial charge in [0, 0.05) is 44.9 Å². The SMILES string of the molecule is CN1CCC(N2CCN(Cc3ccc(C(F)(F)F)cc3)CC2CCO)CC1. The number of hydrogen-bond acceptors (Lipinski definition) is 4. The predicted molar refractivity (Wildman–Crippen MR) is 99.4 cm³/mol. The van der Waals surface area contributed by atoms with E-state index >= 15 is 0 Å². The monoisotopic (exact) mass is 385 g/mol. The quantitative estimate of drug-likeness (QED) is 0.844. The molecule has 2 heterocycles. The number of hydrogen-bond donors (Lipinski definition) is 1. The molecule has 1 N–H and O–H groups in total. The summed E-state index contributed by atoms with van der Waals surface area (Å²) in [4.78, 5) is 7.22. The molecule has 0 amide bonds. The normalized spacial score (nSPS) is 24.4. The number of aliphatic hydroxyl groups excluding tert-OH is 1. The van der Waals surface area contributed by atoms with Crippen LogP contribution >= 0.6 is 0 Å². The van der Waals surface area contributed by atoms with E-state index in [-0.39, 0.29) is 6.61 Å². The second-order valence-electron chi connectivity index (χ2n) is 7.87. The third-order valence-electron chi connectivity index (χ3n) is 5.92. The molecule has 2 aliphatic rings. The molecule has 3 rings (SSSR count). The highest BCUT2D eigenvalue weighted by Gasteiger charge is 2.33. The Labute approximate surface area is 159 Å². The minimum absolute atomic E-state index is 0.169. The average molecular weight is 385 g/mol. The van der Waals surface area contributed by atoms with Crippen molar-refractivity contribution in [1.29, 1.82) is 0 Å².